The fourth-order valence-electron chi connectivity index (χ4n) is 2.64. The van der Waals surface area contributed by atoms with Crippen LogP contribution in [-0.4, -0.2) is 21.9 Å². The van der Waals surface area contributed by atoms with Gasteiger partial charge in [-0.2, -0.15) is 0 Å². The van der Waals surface area contributed by atoms with Crippen LogP contribution < -0.4 is 5.32 Å². The maximum atomic E-state index is 12.4. The molecule has 0 saturated carbocycles. The standard InChI is InChI=1S/C20H20ClN3O2S/c1-2-6-17(14-7-4-3-5-8-14)22-18(25)13-27-20-24-23-19(26-20)15-9-11-16(21)12-10-15/h3-5,7-12,17H,2,6,13H2,1H3,(H,22,25)/t17-/m0/s1. The second kappa shape index (κ2) is 9.58. The van der Waals surface area contributed by atoms with Gasteiger partial charge in [0.25, 0.3) is 5.22 Å². The van der Waals surface area contributed by atoms with Gasteiger partial charge < -0.3 is 9.73 Å². The van der Waals surface area contributed by atoms with E-state index in [0.717, 1.165) is 24.0 Å². The predicted octanol–water partition coefficient (Wildman–Crippen LogP) is 5.14. The minimum Gasteiger partial charge on any atom is -0.411 e. The Labute approximate surface area is 167 Å². The highest BCUT2D eigenvalue weighted by molar-refractivity contribution is 7.99. The van der Waals surface area contributed by atoms with Gasteiger partial charge in [0.15, 0.2) is 0 Å². The van der Waals surface area contributed by atoms with Crippen LogP contribution in [-0.2, 0) is 4.79 Å². The molecule has 1 N–H and O–H groups in total. The number of carbonyl (C=O) groups excluding carboxylic acids is 1. The van der Waals surface area contributed by atoms with Crippen molar-refractivity contribution >= 4 is 29.3 Å². The lowest BCUT2D eigenvalue weighted by Crippen LogP contribution is -2.29. The smallest absolute Gasteiger partial charge is 0.277 e. The minimum atomic E-state index is -0.0615. The number of nitrogens with one attached hydrogen (secondary N) is 1. The molecule has 27 heavy (non-hydrogen) atoms. The van der Waals surface area contributed by atoms with Gasteiger partial charge in [-0.05, 0) is 36.2 Å². The van der Waals surface area contributed by atoms with Crippen LogP contribution in [0.1, 0.15) is 31.4 Å². The van der Waals surface area contributed by atoms with Crippen molar-refractivity contribution in [1.29, 1.82) is 0 Å². The number of aromatic nitrogens is 2. The summed E-state index contributed by atoms with van der Waals surface area (Å²) in [6, 6.07) is 17.2. The number of halogens is 1. The number of hydrogen-bond donors (Lipinski definition) is 1. The molecular formula is C20H20ClN3O2S. The second-order valence-corrected chi connectivity index (χ2v) is 7.35. The van der Waals surface area contributed by atoms with Gasteiger partial charge >= 0.3 is 0 Å². The van der Waals surface area contributed by atoms with Crippen molar-refractivity contribution in [2.75, 3.05) is 5.75 Å². The molecule has 0 aliphatic heterocycles. The molecule has 7 heteroatoms. The number of carbonyl (C=O) groups is 1. The third kappa shape index (κ3) is 5.58. The summed E-state index contributed by atoms with van der Waals surface area (Å²) in [5.74, 6) is 0.561. The van der Waals surface area contributed by atoms with Gasteiger partial charge in [0.1, 0.15) is 0 Å². The quantitative estimate of drug-likeness (QED) is 0.529. The summed E-state index contributed by atoms with van der Waals surface area (Å²) in [5.41, 5.74) is 1.90. The summed E-state index contributed by atoms with van der Waals surface area (Å²) in [4.78, 5) is 12.4. The van der Waals surface area contributed by atoms with E-state index in [0.29, 0.717) is 16.1 Å². The van der Waals surface area contributed by atoms with Crippen LogP contribution in [0.5, 0.6) is 0 Å². The fourth-order valence-corrected chi connectivity index (χ4v) is 3.34. The first-order chi connectivity index (χ1) is 13.2. The third-order valence-electron chi connectivity index (χ3n) is 3.94. The van der Waals surface area contributed by atoms with Crippen molar-refractivity contribution < 1.29 is 9.21 Å². The topological polar surface area (TPSA) is 68.0 Å². The van der Waals surface area contributed by atoms with E-state index in [1.54, 1.807) is 12.1 Å². The molecular weight excluding hydrogens is 382 g/mol. The maximum Gasteiger partial charge on any atom is 0.277 e. The molecule has 0 aliphatic carbocycles. The summed E-state index contributed by atoms with van der Waals surface area (Å²) in [6.45, 7) is 2.10. The molecule has 1 aromatic heterocycles. The van der Waals surface area contributed by atoms with E-state index >= 15 is 0 Å². The lowest BCUT2D eigenvalue weighted by molar-refractivity contribution is -0.119. The van der Waals surface area contributed by atoms with E-state index < -0.39 is 0 Å². The summed E-state index contributed by atoms with van der Waals surface area (Å²) in [5, 5.41) is 12.1. The molecule has 1 heterocycles. The lowest BCUT2D eigenvalue weighted by atomic mass is 10.0. The molecule has 3 aromatic rings. The molecule has 0 spiro atoms. The zero-order valence-corrected chi connectivity index (χ0v) is 16.5. The molecule has 5 nitrogen and oxygen atoms in total. The van der Waals surface area contributed by atoms with Crippen LogP contribution in [0, 0.1) is 0 Å². The zero-order chi connectivity index (χ0) is 19.1. The first-order valence-electron chi connectivity index (χ1n) is 8.72. The van der Waals surface area contributed by atoms with Crippen molar-refractivity contribution in [2.45, 2.75) is 31.0 Å². The molecule has 140 valence electrons. The van der Waals surface area contributed by atoms with Crippen molar-refractivity contribution in [3.8, 4) is 11.5 Å². The Bertz CT molecular complexity index is 868. The van der Waals surface area contributed by atoms with Crippen LogP contribution in [0.25, 0.3) is 11.5 Å². The van der Waals surface area contributed by atoms with Crippen LogP contribution in [0.15, 0.2) is 64.2 Å². The highest BCUT2D eigenvalue weighted by Gasteiger charge is 2.15. The number of rotatable bonds is 8. The highest BCUT2D eigenvalue weighted by Crippen LogP contribution is 2.25. The first-order valence-corrected chi connectivity index (χ1v) is 10.1. The predicted molar refractivity (Wildman–Crippen MR) is 108 cm³/mol. The van der Waals surface area contributed by atoms with Gasteiger partial charge in [-0.1, -0.05) is 67.0 Å². The molecule has 1 amide bonds. The van der Waals surface area contributed by atoms with Crippen LogP contribution in [0.2, 0.25) is 5.02 Å². The summed E-state index contributed by atoms with van der Waals surface area (Å²) in [6.07, 6.45) is 1.88. The molecule has 1 atom stereocenters. The maximum absolute atomic E-state index is 12.4. The molecule has 0 aliphatic rings. The van der Waals surface area contributed by atoms with Gasteiger partial charge in [0, 0.05) is 10.6 Å². The Hall–Kier alpha value is -2.31. The zero-order valence-electron chi connectivity index (χ0n) is 14.9. The van der Waals surface area contributed by atoms with Crippen LogP contribution in [0.4, 0.5) is 0 Å². The van der Waals surface area contributed by atoms with E-state index in [1.165, 1.54) is 11.8 Å². The largest absolute Gasteiger partial charge is 0.411 e. The summed E-state index contributed by atoms with van der Waals surface area (Å²) < 4.78 is 5.61. The van der Waals surface area contributed by atoms with Crippen molar-refractivity contribution in [3.63, 3.8) is 0 Å². The molecule has 0 fully saturated rings. The Kier molecular flexibility index (Phi) is 6.90. The van der Waals surface area contributed by atoms with E-state index in [-0.39, 0.29) is 17.7 Å². The normalized spacial score (nSPS) is 11.9. The lowest BCUT2D eigenvalue weighted by Gasteiger charge is -2.18. The second-order valence-electron chi connectivity index (χ2n) is 5.99. The van der Waals surface area contributed by atoms with E-state index in [1.807, 2.05) is 42.5 Å². The van der Waals surface area contributed by atoms with Crippen LogP contribution in [0.3, 0.4) is 0 Å². The molecule has 0 saturated heterocycles. The van der Waals surface area contributed by atoms with Crippen LogP contribution >= 0.6 is 23.4 Å². The highest BCUT2D eigenvalue weighted by atomic mass is 35.5. The molecule has 3 rings (SSSR count). The Morgan fingerprint density at radius 2 is 1.89 bits per heavy atom. The number of amides is 1. The Balaban J connectivity index is 1.56. The van der Waals surface area contributed by atoms with Gasteiger partial charge in [-0.25, -0.2) is 0 Å². The molecule has 0 radical (unpaired) electrons. The molecule has 0 bridgehead atoms. The first kappa shape index (κ1) is 19.5. The Morgan fingerprint density at radius 3 is 2.59 bits per heavy atom. The number of benzene rings is 2. The molecule has 2 aromatic carbocycles. The van der Waals surface area contributed by atoms with E-state index in [9.17, 15) is 4.79 Å². The number of nitrogens with zero attached hydrogens (tertiary/aromatic N) is 2. The number of thioether (sulfide) groups is 1. The summed E-state index contributed by atoms with van der Waals surface area (Å²) >= 11 is 7.11. The Morgan fingerprint density at radius 1 is 1.15 bits per heavy atom. The summed E-state index contributed by atoms with van der Waals surface area (Å²) in [7, 11) is 0. The minimum absolute atomic E-state index is 0.0108. The van der Waals surface area contributed by atoms with E-state index in [2.05, 4.69) is 22.4 Å². The average molecular weight is 402 g/mol. The van der Waals surface area contributed by atoms with E-state index in [4.69, 9.17) is 16.0 Å². The number of hydrogen-bond acceptors (Lipinski definition) is 5. The van der Waals surface area contributed by atoms with Crippen molar-refractivity contribution in [2.24, 2.45) is 0 Å². The average Bonchev–Trinajstić information content (AvgIpc) is 3.16. The fraction of sp³-hybridized carbons (Fsp3) is 0.250. The van der Waals surface area contributed by atoms with Crippen molar-refractivity contribution in [1.82, 2.24) is 15.5 Å². The van der Waals surface area contributed by atoms with Gasteiger partial charge in [-0.3, -0.25) is 4.79 Å². The third-order valence-corrected chi connectivity index (χ3v) is 5.01. The van der Waals surface area contributed by atoms with Gasteiger partial charge in [0.05, 0.1) is 11.8 Å². The van der Waals surface area contributed by atoms with Crippen molar-refractivity contribution in [3.05, 3.63) is 65.2 Å². The molecule has 0 unspecified atom stereocenters. The monoisotopic (exact) mass is 401 g/mol. The SMILES string of the molecule is CCC[C@H](NC(=O)CSc1nnc(-c2ccc(Cl)cc2)o1)c1ccccc1. The van der Waals surface area contributed by atoms with Gasteiger partial charge in [-0.15, -0.1) is 10.2 Å². The van der Waals surface area contributed by atoms with Gasteiger partial charge in [0.2, 0.25) is 11.8 Å².